The van der Waals surface area contributed by atoms with Crippen LogP contribution in [0.3, 0.4) is 0 Å². The smallest absolute Gasteiger partial charge is 0.0329 e. The normalized spacial score (nSPS) is 12.8. The molecule has 2 N–H and O–H groups in total. The largest absolute Gasteiger partial charge is 0.402 e. The lowest BCUT2D eigenvalue weighted by molar-refractivity contribution is 0.361. The van der Waals surface area contributed by atoms with Gasteiger partial charge < -0.3 is 10.6 Å². The molecule has 0 saturated heterocycles. The minimum absolute atomic E-state index is 0.636. The summed E-state index contributed by atoms with van der Waals surface area (Å²) in [5.74, 6) is 0. The molecule has 33 heavy (non-hydrogen) atoms. The van der Waals surface area contributed by atoms with Crippen molar-refractivity contribution in [2.75, 3.05) is 13.1 Å². The lowest BCUT2D eigenvalue weighted by Crippen LogP contribution is -2.24. The SMILES string of the molecule is C=C(C)/C=C\Cc1ccc(/C(C)=C/C=C(C)/C=C(\CC(=C)N)C(=C)N(CC)CCCC)cc1. The number of rotatable bonds is 14. The summed E-state index contributed by atoms with van der Waals surface area (Å²) in [4.78, 5) is 2.33. The van der Waals surface area contributed by atoms with Crippen LogP contribution in [0.4, 0.5) is 0 Å². The average molecular weight is 445 g/mol. The topological polar surface area (TPSA) is 29.3 Å². The van der Waals surface area contributed by atoms with E-state index in [1.54, 1.807) is 0 Å². The minimum atomic E-state index is 0.636. The molecular weight excluding hydrogens is 400 g/mol. The molecule has 0 spiro atoms. The molecule has 0 radical (unpaired) electrons. The third-order valence-electron chi connectivity index (χ3n) is 5.50. The zero-order chi connectivity index (χ0) is 24.8. The molecule has 0 aromatic heterocycles. The first kappa shape index (κ1) is 28.0. The van der Waals surface area contributed by atoms with E-state index in [4.69, 9.17) is 5.73 Å². The lowest BCUT2D eigenvalue weighted by atomic mass is 10.0. The molecule has 0 atom stereocenters. The molecule has 0 heterocycles. The molecule has 2 nitrogen and oxygen atoms in total. The van der Waals surface area contributed by atoms with Crippen molar-refractivity contribution in [1.29, 1.82) is 0 Å². The highest BCUT2D eigenvalue weighted by Gasteiger charge is 2.11. The highest BCUT2D eigenvalue weighted by molar-refractivity contribution is 5.65. The van der Waals surface area contributed by atoms with E-state index in [1.807, 2.05) is 6.92 Å². The Hall–Kier alpha value is -3.00. The van der Waals surface area contributed by atoms with Crippen LogP contribution in [-0.2, 0) is 6.42 Å². The van der Waals surface area contributed by atoms with Gasteiger partial charge in [0.05, 0.1) is 0 Å². The summed E-state index contributed by atoms with van der Waals surface area (Å²) >= 11 is 0. The number of unbranched alkanes of at least 4 members (excludes halogenated alkanes) is 1. The number of nitrogens with two attached hydrogens (primary N) is 1. The van der Waals surface area contributed by atoms with Crippen LogP contribution in [0.5, 0.6) is 0 Å². The number of hydrogen-bond acceptors (Lipinski definition) is 2. The third kappa shape index (κ3) is 10.9. The van der Waals surface area contributed by atoms with E-state index >= 15 is 0 Å². The van der Waals surface area contributed by atoms with Crippen LogP contribution < -0.4 is 5.73 Å². The molecule has 1 aromatic rings. The van der Waals surface area contributed by atoms with Crippen LogP contribution in [0.1, 0.15) is 65.0 Å². The van der Waals surface area contributed by atoms with Gasteiger partial charge in [0, 0.05) is 30.9 Å². The first-order chi connectivity index (χ1) is 15.7. The molecule has 0 aliphatic rings. The van der Waals surface area contributed by atoms with Gasteiger partial charge >= 0.3 is 0 Å². The van der Waals surface area contributed by atoms with Crippen LogP contribution in [-0.4, -0.2) is 18.0 Å². The van der Waals surface area contributed by atoms with Crippen molar-refractivity contribution < 1.29 is 0 Å². The molecule has 2 heteroatoms. The van der Waals surface area contributed by atoms with Gasteiger partial charge in [0.2, 0.25) is 0 Å². The minimum Gasteiger partial charge on any atom is -0.402 e. The van der Waals surface area contributed by atoms with Gasteiger partial charge in [-0.25, -0.2) is 0 Å². The van der Waals surface area contributed by atoms with E-state index < -0.39 is 0 Å². The molecule has 0 amide bonds. The number of nitrogens with zero attached hydrogens (tertiary/aromatic N) is 1. The van der Waals surface area contributed by atoms with Crippen LogP contribution in [0, 0.1) is 0 Å². The van der Waals surface area contributed by atoms with E-state index in [2.05, 4.69) is 107 Å². The third-order valence-corrected chi connectivity index (χ3v) is 5.50. The Bertz CT molecular complexity index is 920. The van der Waals surface area contributed by atoms with Gasteiger partial charge in [-0.3, -0.25) is 0 Å². The molecule has 0 aliphatic heterocycles. The van der Waals surface area contributed by atoms with E-state index in [9.17, 15) is 0 Å². The Morgan fingerprint density at radius 2 is 1.67 bits per heavy atom. The Balaban J connectivity index is 3.01. The zero-order valence-corrected chi connectivity index (χ0v) is 21.6. The van der Waals surface area contributed by atoms with Gasteiger partial charge in [0.25, 0.3) is 0 Å². The number of likely N-dealkylation sites (N-methyl/N-ethyl adjacent to an activating group) is 1. The van der Waals surface area contributed by atoms with Crippen LogP contribution in [0.2, 0.25) is 0 Å². The van der Waals surface area contributed by atoms with Crippen molar-refractivity contribution in [3.63, 3.8) is 0 Å². The highest BCUT2D eigenvalue weighted by Crippen LogP contribution is 2.22. The fraction of sp³-hybridized carbons (Fsp3) is 0.355. The molecule has 1 aromatic carbocycles. The van der Waals surface area contributed by atoms with E-state index in [0.29, 0.717) is 12.1 Å². The Morgan fingerprint density at radius 1 is 1.00 bits per heavy atom. The maximum atomic E-state index is 5.97. The second-order valence-corrected chi connectivity index (χ2v) is 8.79. The van der Waals surface area contributed by atoms with Crippen LogP contribution in [0.15, 0.2) is 102 Å². The molecule has 0 unspecified atom stereocenters. The van der Waals surface area contributed by atoms with Crippen molar-refractivity contribution in [2.45, 2.75) is 60.3 Å². The fourth-order valence-corrected chi connectivity index (χ4v) is 3.49. The number of benzene rings is 1. The molecular formula is C31H44N2. The first-order valence-electron chi connectivity index (χ1n) is 12.0. The summed E-state index contributed by atoms with van der Waals surface area (Å²) in [5.41, 5.74) is 14.8. The van der Waals surface area contributed by atoms with E-state index in [0.717, 1.165) is 42.8 Å². The van der Waals surface area contributed by atoms with Gasteiger partial charge in [-0.2, -0.15) is 0 Å². The Morgan fingerprint density at radius 3 is 2.21 bits per heavy atom. The Labute approximate surface area is 203 Å². The highest BCUT2D eigenvalue weighted by atomic mass is 15.1. The summed E-state index contributed by atoms with van der Waals surface area (Å²) in [7, 11) is 0. The summed E-state index contributed by atoms with van der Waals surface area (Å²) in [6.45, 7) is 24.8. The van der Waals surface area contributed by atoms with Crippen molar-refractivity contribution >= 4 is 5.57 Å². The molecule has 178 valence electrons. The molecule has 1 rings (SSSR count). The fourth-order valence-electron chi connectivity index (χ4n) is 3.49. The van der Waals surface area contributed by atoms with Crippen LogP contribution >= 0.6 is 0 Å². The maximum Gasteiger partial charge on any atom is 0.0329 e. The van der Waals surface area contributed by atoms with E-state index in [1.165, 1.54) is 28.7 Å². The summed E-state index contributed by atoms with van der Waals surface area (Å²) < 4.78 is 0. The summed E-state index contributed by atoms with van der Waals surface area (Å²) in [6.07, 6.45) is 14.6. The predicted molar refractivity (Wildman–Crippen MR) is 149 cm³/mol. The zero-order valence-electron chi connectivity index (χ0n) is 21.6. The quantitative estimate of drug-likeness (QED) is 0.293. The first-order valence-corrected chi connectivity index (χ1v) is 12.0. The maximum absolute atomic E-state index is 5.97. The monoisotopic (exact) mass is 444 g/mol. The van der Waals surface area contributed by atoms with Crippen molar-refractivity contribution in [3.05, 3.63) is 114 Å². The molecule has 0 aliphatic carbocycles. The van der Waals surface area contributed by atoms with Gasteiger partial charge in [-0.1, -0.05) is 98.9 Å². The average Bonchev–Trinajstić information content (AvgIpc) is 2.77. The van der Waals surface area contributed by atoms with Crippen LogP contribution in [0.25, 0.3) is 5.57 Å². The summed E-state index contributed by atoms with van der Waals surface area (Å²) in [5, 5.41) is 0. The molecule has 0 bridgehead atoms. The number of hydrogen-bond donors (Lipinski definition) is 1. The Kier molecular flexibility index (Phi) is 12.7. The van der Waals surface area contributed by atoms with Gasteiger partial charge in [0.1, 0.15) is 0 Å². The standard InChI is InChI=1S/C31H44N2/c1-9-11-21-33(10-2)28(8)31(23-27(7)32)22-25(5)15-16-26(6)30-19-17-29(18-20-30)14-12-13-24(3)4/h12-13,15-20,22H,3,7-11,14,21,23,32H2,1-2,4-6H3/b13-12-,25-15+,26-16+,31-22+. The van der Waals surface area contributed by atoms with Gasteiger partial charge in [-0.15, -0.1) is 0 Å². The van der Waals surface area contributed by atoms with Gasteiger partial charge in [0.15, 0.2) is 0 Å². The second-order valence-electron chi connectivity index (χ2n) is 8.79. The van der Waals surface area contributed by atoms with E-state index in [-0.39, 0.29) is 0 Å². The molecule has 0 fully saturated rings. The second kappa shape index (κ2) is 14.9. The van der Waals surface area contributed by atoms with Crippen molar-refractivity contribution in [1.82, 2.24) is 4.90 Å². The predicted octanol–water partition coefficient (Wildman–Crippen LogP) is 8.14. The molecule has 0 saturated carbocycles. The lowest BCUT2D eigenvalue weighted by Gasteiger charge is -2.27. The van der Waals surface area contributed by atoms with Crippen molar-refractivity contribution in [2.24, 2.45) is 5.73 Å². The van der Waals surface area contributed by atoms with Gasteiger partial charge in [-0.05, 0) is 62.8 Å². The summed E-state index contributed by atoms with van der Waals surface area (Å²) in [6, 6.07) is 8.76. The number of allylic oxidation sites excluding steroid dienone is 10. The van der Waals surface area contributed by atoms with Crippen molar-refractivity contribution in [3.8, 4) is 0 Å².